The number of nitrogens with zero attached hydrogens (tertiary/aromatic N) is 6. The Bertz CT molecular complexity index is 3390. The molecular formula is C51H32N6. The first-order chi connectivity index (χ1) is 28.3. The molecule has 12 aromatic rings. The minimum Gasteiger partial charge on any atom is -0.309 e. The van der Waals surface area contributed by atoms with Crippen LogP contribution in [0.1, 0.15) is 0 Å². The largest absolute Gasteiger partial charge is 0.309 e. The Morgan fingerprint density at radius 1 is 0.298 bits per heavy atom. The zero-order chi connectivity index (χ0) is 37.5. The van der Waals surface area contributed by atoms with Gasteiger partial charge in [0, 0.05) is 54.8 Å². The first-order valence-electron chi connectivity index (χ1n) is 19.2. The van der Waals surface area contributed by atoms with E-state index in [0.29, 0.717) is 17.6 Å². The van der Waals surface area contributed by atoms with Gasteiger partial charge in [0.05, 0.1) is 33.1 Å². The summed E-state index contributed by atoms with van der Waals surface area (Å²) in [6, 6.07) is 68.4. The Labute approximate surface area is 327 Å². The minimum absolute atomic E-state index is 0.561. The van der Waals surface area contributed by atoms with Crippen LogP contribution in [-0.2, 0) is 0 Å². The van der Waals surface area contributed by atoms with Crippen LogP contribution in [0.5, 0.6) is 0 Å². The van der Waals surface area contributed by atoms with Gasteiger partial charge in [0.1, 0.15) is 0 Å². The number of hydrogen-bond donors (Lipinski definition) is 0. The molecule has 4 heterocycles. The fourth-order valence-corrected chi connectivity index (χ4v) is 8.85. The van der Waals surface area contributed by atoms with E-state index in [9.17, 15) is 0 Å². The van der Waals surface area contributed by atoms with Gasteiger partial charge >= 0.3 is 0 Å². The molecule has 0 aliphatic rings. The topological polar surface area (TPSA) is 53.5 Å². The van der Waals surface area contributed by atoms with Crippen LogP contribution in [0.15, 0.2) is 194 Å². The zero-order valence-corrected chi connectivity index (χ0v) is 30.7. The molecule has 266 valence electrons. The number of benzene rings is 8. The van der Waals surface area contributed by atoms with Gasteiger partial charge < -0.3 is 9.13 Å². The van der Waals surface area contributed by atoms with Gasteiger partial charge in [-0.2, -0.15) is 9.97 Å². The van der Waals surface area contributed by atoms with Crippen molar-refractivity contribution in [2.75, 3.05) is 0 Å². The van der Waals surface area contributed by atoms with Crippen LogP contribution in [-0.4, -0.2) is 28.7 Å². The Kier molecular flexibility index (Phi) is 6.83. The molecule has 0 N–H and O–H groups in total. The Hall–Kier alpha value is -7.83. The van der Waals surface area contributed by atoms with E-state index >= 15 is 0 Å². The predicted molar refractivity (Wildman–Crippen MR) is 234 cm³/mol. The highest BCUT2D eigenvalue weighted by atomic mass is 15.2. The summed E-state index contributed by atoms with van der Waals surface area (Å²) in [7, 11) is 0. The minimum atomic E-state index is 0.561. The van der Waals surface area contributed by atoms with Crippen molar-refractivity contribution in [3.63, 3.8) is 0 Å². The lowest BCUT2D eigenvalue weighted by Crippen LogP contribution is -2.07. The third-order valence-corrected chi connectivity index (χ3v) is 11.3. The van der Waals surface area contributed by atoms with E-state index < -0.39 is 0 Å². The van der Waals surface area contributed by atoms with Gasteiger partial charge in [-0.3, -0.25) is 4.57 Å². The summed E-state index contributed by atoms with van der Waals surface area (Å²) in [6.07, 6.45) is 0. The fourth-order valence-electron chi connectivity index (χ4n) is 8.85. The van der Waals surface area contributed by atoms with Gasteiger partial charge in [-0.25, -0.2) is 4.98 Å². The zero-order valence-electron chi connectivity index (χ0n) is 30.7. The van der Waals surface area contributed by atoms with Crippen LogP contribution in [0.25, 0.3) is 106 Å². The molecule has 12 rings (SSSR count). The first-order valence-corrected chi connectivity index (χ1v) is 19.2. The average Bonchev–Trinajstić information content (AvgIpc) is 3.92. The van der Waals surface area contributed by atoms with Crippen LogP contribution < -0.4 is 0 Å². The summed E-state index contributed by atoms with van der Waals surface area (Å²) in [6.45, 7) is 0. The summed E-state index contributed by atoms with van der Waals surface area (Å²) in [5, 5.41) is 7.00. The van der Waals surface area contributed by atoms with Gasteiger partial charge in [0.2, 0.25) is 5.95 Å². The molecule has 0 saturated carbocycles. The number of fused-ring (bicyclic) bond motifs is 10. The van der Waals surface area contributed by atoms with E-state index in [1.807, 2.05) is 36.4 Å². The molecule has 0 radical (unpaired) electrons. The van der Waals surface area contributed by atoms with Crippen LogP contribution >= 0.6 is 0 Å². The molecule has 57 heavy (non-hydrogen) atoms. The highest BCUT2D eigenvalue weighted by molar-refractivity contribution is 6.26. The molecular weight excluding hydrogens is 697 g/mol. The SMILES string of the molecule is c1ccc(-c2nc(-c3ccccc3)nc(-n3c4cc(-n5c6ccccc6c6ccccc65)ccc4c4ccc5c(c6ccccc6n5-c5ccccc5)c43)n2)cc1. The molecule has 0 fully saturated rings. The predicted octanol–water partition coefficient (Wildman–Crippen LogP) is 12.5. The van der Waals surface area contributed by atoms with Crippen molar-refractivity contribution in [3.05, 3.63) is 194 Å². The van der Waals surface area contributed by atoms with E-state index in [2.05, 4.69) is 171 Å². The monoisotopic (exact) mass is 728 g/mol. The van der Waals surface area contributed by atoms with Crippen LogP contribution in [0.2, 0.25) is 0 Å². The molecule has 6 nitrogen and oxygen atoms in total. The van der Waals surface area contributed by atoms with Crippen molar-refractivity contribution < 1.29 is 0 Å². The molecule has 0 spiro atoms. The van der Waals surface area contributed by atoms with Crippen LogP contribution in [0, 0.1) is 0 Å². The first kappa shape index (κ1) is 31.5. The maximum Gasteiger partial charge on any atom is 0.238 e. The van der Waals surface area contributed by atoms with Crippen molar-refractivity contribution in [3.8, 4) is 40.1 Å². The van der Waals surface area contributed by atoms with Crippen molar-refractivity contribution >= 4 is 65.4 Å². The third kappa shape index (κ3) is 4.74. The second-order valence-corrected chi connectivity index (χ2v) is 14.5. The van der Waals surface area contributed by atoms with Gasteiger partial charge in [-0.05, 0) is 48.5 Å². The summed E-state index contributed by atoms with van der Waals surface area (Å²) < 4.78 is 7.03. The standard InChI is InChI=1S/C51H32N6/c1-4-16-33(17-5-1)49-52-50(34-18-6-2-7-19-34)54-51(53-49)57-46-32-36(56-42-25-13-10-22-37(42)38-23-11-14-26-43(38)56)28-29-39(46)40-30-31-45-47(48(40)57)41-24-12-15-27-44(41)55(45)35-20-8-3-9-21-35/h1-32H. The molecule has 0 amide bonds. The molecule has 6 heteroatoms. The Morgan fingerprint density at radius 3 is 1.39 bits per heavy atom. The molecule has 8 aromatic carbocycles. The van der Waals surface area contributed by atoms with Crippen molar-refractivity contribution in [1.82, 2.24) is 28.7 Å². The smallest absolute Gasteiger partial charge is 0.238 e. The normalized spacial score (nSPS) is 11.9. The quantitative estimate of drug-likeness (QED) is 0.177. The van der Waals surface area contributed by atoms with E-state index in [-0.39, 0.29) is 0 Å². The molecule has 0 saturated heterocycles. The van der Waals surface area contributed by atoms with Gasteiger partial charge in [-0.1, -0.05) is 146 Å². The van der Waals surface area contributed by atoms with Crippen molar-refractivity contribution in [2.24, 2.45) is 0 Å². The lowest BCUT2D eigenvalue weighted by atomic mass is 10.1. The molecule has 0 bridgehead atoms. The summed E-state index contributed by atoms with van der Waals surface area (Å²) >= 11 is 0. The molecule has 0 aliphatic heterocycles. The van der Waals surface area contributed by atoms with E-state index in [1.165, 1.54) is 10.8 Å². The maximum atomic E-state index is 5.34. The molecule has 0 unspecified atom stereocenters. The lowest BCUT2D eigenvalue weighted by Gasteiger charge is -2.13. The number of rotatable bonds is 5. The fraction of sp³-hybridized carbons (Fsp3) is 0. The number of aromatic nitrogens is 6. The van der Waals surface area contributed by atoms with Crippen molar-refractivity contribution in [2.45, 2.75) is 0 Å². The van der Waals surface area contributed by atoms with Gasteiger partial charge in [-0.15, -0.1) is 0 Å². The lowest BCUT2D eigenvalue weighted by molar-refractivity contribution is 0.954. The summed E-state index contributed by atoms with van der Waals surface area (Å²) in [5.74, 6) is 1.80. The second kappa shape index (κ2) is 12.3. The van der Waals surface area contributed by atoms with E-state index in [4.69, 9.17) is 15.0 Å². The number of hydrogen-bond acceptors (Lipinski definition) is 3. The molecule has 4 aromatic heterocycles. The highest BCUT2D eigenvalue weighted by Crippen LogP contribution is 2.43. The van der Waals surface area contributed by atoms with E-state index in [0.717, 1.165) is 77.1 Å². The average molecular weight is 729 g/mol. The van der Waals surface area contributed by atoms with Gasteiger partial charge in [0.15, 0.2) is 11.6 Å². The second-order valence-electron chi connectivity index (χ2n) is 14.5. The highest BCUT2D eigenvalue weighted by Gasteiger charge is 2.24. The Balaban J connectivity index is 1.26. The molecule has 0 atom stereocenters. The third-order valence-electron chi connectivity index (χ3n) is 11.3. The van der Waals surface area contributed by atoms with E-state index in [1.54, 1.807) is 0 Å². The summed E-state index contributed by atoms with van der Waals surface area (Å²) in [5.41, 5.74) is 10.7. The Morgan fingerprint density at radius 2 is 0.772 bits per heavy atom. The summed E-state index contributed by atoms with van der Waals surface area (Å²) in [4.78, 5) is 15.8. The van der Waals surface area contributed by atoms with Crippen LogP contribution in [0.4, 0.5) is 0 Å². The number of para-hydroxylation sites is 4. The van der Waals surface area contributed by atoms with Gasteiger partial charge in [0.25, 0.3) is 0 Å². The van der Waals surface area contributed by atoms with Crippen LogP contribution in [0.3, 0.4) is 0 Å². The maximum absolute atomic E-state index is 5.34. The van der Waals surface area contributed by atoms with Crippen molar-refractivity contribution in [1.29, 1.82) is 0 Å². The molecule has 0 aliphatic carbocycles.